The standard InChI is InChI=1S/C20H23NO3S/c1-14(2)25-17-10-8-15(9-11-17)20(22)21(3)12-16-13-23-18-6-4-5-7-19(18)24-16/h4-11,14,16H,12-13H2,1-3H3. The van der Waals surface area contributed by atoms with Gasteiger partial charge >= 0.3 is 0 Å². The van der Waals surface area contributed by atoms with E-state index in [2.05, 4.69) is 13.8 Å². The van der Waals surface area contributed by atoms with Crippen LogP contribution in [0.2, 0.25) is 0 Å². The molecule has 1 unspecified atom stereocenters. The Hall–Kier alpha value is -2.14. The lowest BCUT2D eigenvalue weighted by Gasteiger charge is -2.29. The van der Waals surface area contributed by atoms with Gasteiger partial charge in [-0.3, -0.25) is 4.79 Å². The molecular formula is C20H23NO3S. The topological polar surface area (TPSA) is 38.8 Å². The molecule has 0 saturated heterocycles. The third kappa shape index (κ3) is 4.48. The Morgan fingerprint density at radius 2 is 1.84 bits per heavy atom. The van der Waals surface area contributed by atoms with Crippen LogP contribution in [0.3, 0.4) is 0 Å². The number of carbonyl (C=O) groups excluding carboxylic acids is 1. The summed E-state index contributed by atoms with van der Waals surface area (Å²) in [6, 6.07) is 15.4. The normalized spacial score (nSPS) is 15.9. The molecular weight excluding hydrogens is 334 g/mol. The lowest BCUT2D eigenvalue weighted by molar-refractivity contribution is 0.0521. The monoisotopic (exact) mass is 357 g/mol. The maximum Gasteiger partial charge on any atom is 0.253 e. The average Bonchev–Trinajstić information content (AvgIpc) is 2.61. The van der Waals surface area contributed by atoms with Crippen LogP contribution in [-0.2, 0) is 0 Å². The van der Waals surface area contributed by atoms with Gasteiger partial charge in [-0.15, -0.1) is 11.8 Å². The Morgan fingerprint density at radius 1 is 1.16 bits per heavy atom. The van der Waals surface area contributed by atoms with Crippen LogP contribution in [-0.4, -0.2) is 42.4 Å². The molecule has 1 atom stereocenters. The van der Waals surface area contributed by atoms with Crippen molar-refractivity contribution in [2.24, 2.45) is 0 Å². The van der Waals surface area contributed by atoms with Gasteiger partial charge < -0.3 is 14.4 Å². The number of para-hydroxylation sites is 2. The number of nitrogens with zero attached hydrogens (tertiary/aromatic N) is 1. The van der Waals surface area contributed by atoms with Gasteiger partial charge in [0.1, 0.15) is 6.61 Å². The summed E-state index contributed by atoms with van der Waals surface area (Å²) in [6.07, 6.45) is -0.167. The van der Waals surface area contributed by atoms with Crippen molar-refractivity contribution in [3.8, 4) is 11.5 Å². The lowest BCUT2D eigenvalue weighted by Crippen LogP contribution is -2.41. The molecule has 25 heavy (non-hydrogen) atoms. The van der Waals surface area contributed by atoms with Crippen molar-refractivity contribution in [2.75, 3.05) is 20.2 Å². The van der Waals surface area contributed by atoms with E-state index in [1.807, 2.05) is 48.5 Å². The number of fused-ring (bicyclic) bond motifs is 1. The number of thioether (sulfide) groups is 1. The predicted molar refractivity (Wildman–Crippen MR) is 101 cm³/mol. The first-order valence-corrected chi connectivity index (χ1v) is 9.31. The minimum absolute atomic E-state index is 0.0106. The highest BCUT2D eigenvalue weighted by Gasteiger charge is 2.24. The zero-order chi connectivity index (χ0) is 17.8. The quantitative estimate of drug-likeness (QED) is 0.755. The summed E-state index contributed by atoms with van der Waals surface area (Å²) in [7, 11) is 1.79. The molecule has 0 N–H and O–H groups in total. The molecule has 1 aliphatic rings. The van der Waals surface area contributed by atoms with Gasteiger partial charge in [0.2, 0.25) is 0 Å². The summed E-state index contributed by atoms with van der Waals surface area (Å²) in [5.74, 6) is 1.48. The van der Waals surface area contributed by atoms with Gasteiger partial charge in [-0.2, -0.15) is 0 Å². The Morgan fingerprint density at radius 3 is 2.52 bits per heavy atom. The molecule has 2 aromatic rings. The van der Waals surface area contributed by atoms with Crippen LogP contribution in [0.5, 0.6) is 11.5 Å². The van der Waals surface area contributed by atoms with Gasteiger partial charge in [0.05, 0.1) is 6.54 Å². The predicted octanol–water partition coefficient (Wildman–Crippen LogP) is 4.10. The van der Waals surface area contributed by atoms with E-state index < -0.39 is 0 Å². The van der Waals surface area contributed by atoms with E-state index in [1.54, 1.807) is 23.7 Å². The number of hydrogen-bond donors (Lipinski definition) is 0. The van der Waals surface area contributed by atoms with Gasteiger partial charge in [-0.25, -0.2) is 0 Å². The molecule has 0 spiro atoms. The van der Waals surface area contributed by atoms with Crippen molar-refractivity contribution in [1.82, 2.24) is 4.90 Å². The smallest absolute Gasteiger partial charge is 0.253 e. The van der Waals surface area contributed by atoms with Crippen molar-refractivity contribution in [3.63, 3.8) is 0 Å². The minimum Gasteiger partial charge on any atom is -0.486 e. The largest absolute Gasteiger partial charge is 0.486 e. The van der Waals surface area contributed by atoms with Crippen LogP contribution in [0.25, 0.3) is 0 Å². The second-order valence-electron chi connectivity index (χ2n) is 6.37. The first-order valence-electron chi connectivity index (χ1n) is 8.43. The first-order chi connectivity index (χ1) is 12.0. The summed E-state index contributed by atoms with van der Waals surface area (Å²) < 4.78 is 11.6. The third-order valence-electron chi connectivity index (χ3n) is 3.86. The molecule has 1 heterocycles. The molecule has 0 bridgehead atoms. The zero-order valence-corrected chi connectivity index (χ0v) is 15.6. The molecule has 4 nitrogen and oxygen atoms in total. The van der Waals surface area contributed by atoms with Crippen LogP contribution < -0.4 is 9.47 Å². The molecule has 0 aromatic heterocycles. The molecule has 0 fully saturated rings. The van der Waals surface area contributed by atoms with Crippen molar-refractivity contribution < 1.29 is 14.3 Å². The van der Waals surface area contributed by atoms with E-state index in [4.69, 9.17) is 9.47 Å². The summed E-state index contributed by atoms with van der Waals surface area (Å²) in [4.78, 5) is 15.5. The highest BCUT2D eigenvalue weighted by molar-refractivity contribution is 7.99. The van der Waals surface area contributed by atoms with Crippen LogP contribution >= 0.6 is 11.8 Å². The molecule has 1 aliphatic heterocycles. The van der Waals surface area contributed by atoms with Crippen molar-refractivity contribution in [1.29, 1.82) is 0 Å². The number of amides is 1. The van der Waals surface area contributed by atoms with Gasteiger partial charge in [0.25, 0.3) is 5.91 Å². The van der Waals surface area contributed by atoms with E-state index >= 15 is 0 Å². The number of hydrogen-bond acceptors (Lipinski definition) is 4. The van der Waals surface area contributed by atoms with Crippen molar-refractivity contribution in [3.05, 3.63) is 54.1 Å². The Bertz CT molecular complexity index is 730. The molecule has 132 valence electrons. The van der Waals surface area contributed by atoms with Crippen LogP contribution in [0.15, 0.2) is 53.4 Å². The van der Waals surface area contributed by atoms with Crippen molar-refractivity contribution in [2.45, 2.75) is 30.1 Å². The number of ether oxygens (including phenoxy) is 2. The molecule has 5 heteroatoms. The summed E-state index contributed by atoms with van der Waals surface area (Å²) >= 11 is 1.79. The lowest BCUT2D eigenvalue weighted by atomic mass is 10.2. The number of rotatable bonds is 5. The van der Waals surface area contributed by atoms with E-state index in [9.17, 15) is 4.79 Å². The summed E-state index contributed by atoms with van der Waals surface area (Å²) in [5, 5.41) is 0.524. The summed E-state index contributed by atoms with van der Waals surface area (Å²) in [6.45, 7) is 5.23. The van der Waals surface area contributed by atoms with Crippen LogP contribution in [0, 0.1) is 0 Å². The highest BCUT2D eigenvalue weighted by atomic mass is 32.2. The molecule has 2 aromatic carbocycles. The second-order valence-corrected chi connectivity index (χ2v) is 8.02. The zero-order valence-electron chi connectivity index (χ0n) is 14.8. The maximum absolute atomic E-state index is 12.6. The Kier molecular flexibility index (Phi) is 5.53. The number of likely N-dealkylation sites (N-methyl/N-ethyl adjacent to an activating group) is 1. The number of carbonyl (C=O) groups is 1. The molecule has 1 amide bonds. The van der Waals surface area contributed by atoms with Gasteiger partial charge in [-0.05, 0) is 36.4 Å². The Balaban J connectivity index is 1.59. The minimum atomic E-state index is -0.167. The van der Waals surface area contributed by atoms with E-state index in [0.29, 0.717) is 24.0 Å². The highest BCUT2D eigenvalue weighted by Crippen LogP contribution is 2.31. The van der Waals surface area contributed by atoms with E-state index in [0.717, 1.165) is 11.5 Å². The second kappa shape index (κ2) is 7.83. The fourth-order valence-electron chi connectivity index (χ4n) is 2.71. The van der Waals surface area contributed by atoms with E-state index in [1.165, 1.54) is 4.90 Å². The first kappa shape index (κ1) is 17.7. The van der Waals surface area contributed by atoms with E-state index in [-0.39, 0.29) is 12.0 Å². The maximum atomic E-state index is 12.6. The van der Waals surface area contributed by atoms with Gasteiger partial charge in [0, 0.05) is 22.8 Å². The molecule has 0 aliphatic carbocycles. The van der Waals surface area contributed by atoms with Crippen LogP contribution in [0.4, 0.5) is 0 Å². The fraction of sp³-hybridized carbons (Fsp3) is 0.350. The molecule has 0 radical (unpaired) electrons. The SMILES string of the molecule is CC(C)Sc1ccc(C(=O)N(C)CC2COc3ccccc3O2)cc1. The summed E-state index contributed by atoms with van der Waals surface area (Å²) in [5.41, 5.74) is 0.688. The fourth-order valence-corrected chi connectivity index (χ4v) is 3.55. The molecule has 3 rings (SSSR count). The third-order valence-corrected chi connectivity index (χ3v) is 4.88. The number of benzene rings is 2. The van der Waals surface area contributed by atoms with Gasteiger partial charge in [-0.1, -0.05) is 26.0 Å². The average molecular weight is 357 g/mol. The molecule has 0 saturated carbocycles. The Labute approximate surface area is 153 Å². The van der Waals surface area contributed by atoms with Crippen LogP contribution in [0.1, 0.15) is 24.2 Å². The van der Waals surface area contributed by atoms with Gasteiger partial charge in [0.15, 0.2) is 17.6 Å². The van der Waals surface area contributed by atoms with Crippen molar-refractivity contribution >= 4 is 17.7 Å².